The first-order valence-electron chi connectivity index (χ1n) is 5.32. The van der Waals surface area contributed by atoms with Gasteiger partial charge in [-0.1, -0.05) is 0 Å². The lowest BCUT2D eigenvalue weighted by atomic mass is 10.2. The number of methoxy groups -OCH3 is 1. The number of amides is 1. The molecule has 0 aliphatic heterocycles. The van der Waals surface area contributed by atoms with Gasteiger partial charge < -0.3 is 9.64 Å². The molecule has 94 valence electrons. The molecular weight excluding hydrogens is 305 g/mol. The number of alkyl halides is 1. The van der Waals surface area contributed by atoms with Crippen LogP contribution in [0.1, 0.15) is 17.3 Å². The van der Waals surface area contributed by atoms with E-state index in [2.05, 4.69) is 15.9 Å². The van der Waals surface area contributed by atoms with Gasteiger partial charge in [0, 0.05) is 23.4 Å². The maximum atomic E-state index is 12.2. The number of benzene rings is 1. The topological polar surface area (TPSA) is 29.5 Å². The highest BCUT2D eigenvalue weighted by Crippen LogP contribution is 2.23. The first-order chi connectivity index (χ1) is 8.13. The van der Waals surface area contributed by atoms with Crippen molar-refractivity contribution in [3.8, 4) is 5.75 Å². The van der Waals surface area contributed by atoms with E-state index >= 15 is 0 Å². The molecule has 17 heavy (non-hydrogen) atoms. The van der Waals surface area contributed by atoms with Gasteiger partial charge in [0.05, 0.1) is 12.7 Å². The van der Waals surface area contributed by atoms with Crippen LogP contribution in [0.5, 0.6) is 5.75 Å². The summed E-state index contributed by atoms with van der Waals surface area (Å²) in [5.74, 6) is 1.05. The van der Waals surface area contributed by atoms with E-state index in [0.29, 0.717) is 30.3 Å². The smallest absolute Gasteiger partial charge is 0.255 e. The van der Waals surface area contributed by atoms with Crippen LogP contribution in [-0.4, -0.2) is 36.9 Å². The highest BCUT2D eigenvalue weighted by atomic mass is 79.9. The van der Waals surface area contributed by atoms with Gasteiger partial charge in [-0.05, 0) is 41.1 Å². The van der Waals surface area contributed by atoms with Crippen molar-refractivity contribution in [1.29, 1.82) is 0 Å². The van der Waals surface area contributed by atoms with Crippen LogP contribution in [0.2, 0.25) is 0 Å². The molecule has 0 radical (unpaired) electrons. The second-order valence-electron chi connectivity index (χ2n) is 3.42. The van der Waals surface area contributed by atoms with Crippen molar-refractivity contribution in [3.05, 3.63) is 28.2 Å². The van der Waals surface area contributed by atoms with Gasteiger partial charge in [0.1, 0.15) is 5.75 Å². The SMILES string of the molecule is CCN(CCCl)C(=O)c1cc(OC)ccc1Br. The molecule has 0 heterocycles. The van der Waals surface area contributed by atoms with E-state index in [1.54, 1.807) is 30.2 Å². The Morgan fingerprint density at radius 3 is 2.76 bits per heavy atom. The van der Waals surface area contributed by atoms with E-state index in [-0.39, 0.29) is 5.91 Å². The van der Waals surface area contributed by atoms with Gasteiger partial charge in [0.25, 0.3) is 5.91 Å². The molecule has 0 N–H and O–H groups in total. The Morgan fingerprint density at radius 2 is 2.24 bits per heavy atom. The fraction of sp³-hybridized carbons (Fsp3) is 0.417. The summed E-state index contributed by atoms with van der Waals surface area (Å²) in [4.78, 5) is 13.9. The summed E-state index contributed by atoms with van der Waals surface area (Å²) in [7, 11) is 1.58. The molecule has 0 aromatic heterocycles. The number of carbonyl (C=O) groups excluding carboxylic acids is 1. The van der Waals surface area contributed by atoms with Crippen molar-refractivity contribution in [2.45, 2.75) is 6.92 Å². The second kappa shape index (κ2) is 6.87. The standard InChI is InChI=1S/C12H15BrClNO2/c1-3-15(7-6-14)12(16)10-8-9(17-2)4-5-11(10)13/h4-5,8H,3,6-7H2,1-2H3. The van der Waals surface area contributed by atoms with Gasteiger partial charge in [-0.25, -0.2) is 0 Å². The average molecular weight is 321 g/mol. The molecule has 1 aromatic carbocycles. The lowest BCUT2D eigenvalue weighted by molar-refractivity contribution is 0.0772. The lowest BCUT2D eigenvalue weighted by Gasteiger charge is -2.20. The van der Waals surface area contributed by atoms with E-state index < -0.39 is 0 Å². The first kappa shape index (κ1) is 14.3. The molecule has 0 unspecified atom stereocenters. The largest absolute Gasteiger partial charge is 0.497 e. The minimum atomic E-state index is -0.0427. The predicted octanol–water partition coefficient (Wildman–Crippen LogP) is 3.16. The summed E-state index contributed by atoms with van der Waals surface area (Å²) >= 11 is 9.05. The zero-order valence-electron chi connectivity index (χ0n) is 9.87. The summed E-state index contributed by atoms with van der Waals surface area (Å²) in [6, 6.07) is 5.34. The Hall–Kier alpha value is -0.740. The Morgan fingerprint density at radius 1 is 1.53 bits per heavy atom. The molecule has 5 heteroatoms. The summed E-state index contributed by atoms with van der Waals surface area (Å²) in [5.41, 5.74) is 0.594. The molecule has 1 amide bonds. The van der Waals surface area contributed by atoms with Crippen LogP contribution < -0.4 is 4.74 Å². The van der Waals surface area contributed by atoms with E-state index in [1.165, 1.54) is 0 Å². The van der Waals surface area contributed by atoms with Crippen LogP contribution in [0.25, 0.3) is 0 Å². The van der Waals surface area contributed by atoms with Crippen molar-refractivity contribution in [3.63, 3.8) is 0 Å². The minimum absolute atomic E-state index is 0.0427. The van der Waals surface area contributed by atoms with Crippen molar-refractivity contribution in [2.75, 3.05) is 26.1 Å². The fourth-order valence-corrected chi connectivity index (χ4v) is 2.09. The van der Waals surface area contributed by atoms with Crippen LogP contribution in [0.3, 0.4) is 0 Å². The molecule has 0 bridgehead atoms. The van der Waals surface area contributed by atoms with Crippen molar-refractivity contribution in [2.24, 2.45) is 0 Å². The molecule has 3 nitrogen and oxygen atoms in total. The van der Waals surface area contributed by atoms with Crippen LogP contribution in [0.15, 0.2) is 22.7 Å². The minimum Gasteiger partial charge on any atom is -0.497 e. The van der Waals surface area contributed by atoms with Gasteiger partial charge in [-0.3, -0.25) is 4.79 Å². The maximum Gasteiger partial charge on any atom is 0.255 e. The molecule has 1 aromatic rings. The first-order valence-corrected chi connectivity index (χ1v) is 6.65. The third kappa shape index (κ3) is 3.61. The van der Waals surface area contributed by atoms with E-state index in [0.717, 1.165) is 4.47 Å². The van der Waals surface area contributed by atoms with Crippen LogP contribution >= 0.6 is 27.5 Å². The molecule has 0 atom stereocenters. The van der Waals surface area contributed by atoms with Gasteiger partial charge in [-0.2, -0.15) is 0 Å². The van der Waals surface area contributed by atoms with Gasteiger partial charge in [0.15, 0.2) is 0 Å². The molecule has 0 spiro atoms. The number of nitrogens with zero attached hydrogens (tertiary/aromatic N) is 1. The van der Waals surface area contributed by atoms with E-state index in [4.69, 9.17) is 16.3 Å². The second-order valence-corrected chi connectivity index (χ2v) is 4.65. The number of ether oxygens (including phenoxy) is 1. The quantitative estimate of drug-likeness (QED) is 0.780. The van der Waals surface area contributed by atoms with Crippen molar-refractivity contribution in [1.82, 2.24) is 4.90 Å². The summed E-state index contributed by atoms with van der Waals surface area (Å²) in [6.07, 6.45) is 0. The number of hydrogen-bond donors (Lipinski definition) is 0. The highest BCUT2D eigenvalue weighted by molar-refractivity contribution is 9.10. The zero-order valence-corrected chi connectivity index (χ0v) is 12.2. The Balaban J connectivity index is 3.01. The molecule has 0 saturated heterocycles. The van der Waals surface area contributed by atoms with Gasteiger partial charge >= 0.3 is 0 Å². The normalized spacial score (nSPS) is 10.1. The predicted molar refractivity (Wildman–Crippen MR) is 73.0 cm³/mol. The molecule has 1 rings (SSSR count). The lowest BCUT2D eigenvalue weighted by Crippen LogP contribution is -2.32. The molecule has 0 aliphatic rings. The Bertz CT molecular complexity index is 398. The fourth-order valence-electron chi connectivity index (χ4n) is 1.47. The molecule has 0 saturated carbocycles. The summed E-state index contributed by atoms with van der Waals surface area (Å²) < 4.78 is 5.88. The van der Waals surface area contributed by atoms with Crippen molar-refractivity contribution >= 4 is 33.4 Å². The maximum absolute atomic E-state index is 12.2. The Labute approximate surface area is 115 Å². The number of rotatable bonds is 5. The van der Waals surface area contributed by atoms with Crippen LogP contribution in [0.4, 0.5) is 0 Å². The van der Waals surface area contributed by atoms with Gasteiger partial charge in [-0.15, -0.1) is 11.6 Å². The number of carbonyl (C=O) groups is 1. The Kier molecular flexibility index (Phi) is 5.78. The van der Waals surface area contributed by atoms with Crippen LogP contribution in [0, 0.1) is 0 Å². The monoisotopic (exact) mass is 319 g/mol. The third-order valence-electron chi connectivity index (χ3n) is 2.43. The number of halogens is 2. The summed E-state index contributed by atoms with van der Waals surface area (Å²) in [6.45, 7) is 3.11. The van der Waals surface area contributed by atoms with Gasteiger partial charge in [0.2, 0.25) is 0 Å². The van der Waals surface area contributed by atoms with E-state index in [1.807, 2.05) is 6.92 Å². The molecular formula is C12H15BrClNO2. The molecule has 0 aliphatic carbocycles. The average Bonchev–Trinajstić information content (AvgIpc) is 2.35. The van der Waals surface area contributed by atoms with Crippen LogP contribution in [-0.2, 0) is 0 Å². The zero-order chi connectivity index (χ0) is 12.8. The number of hydrogen-bond acceptors (Lipinski definition) is 2. The van der Waals surface area contributed by atoms with E-state index in [9.17, 15) is 4.79 Å². The van der Waals surface area contributed by atoms with Crippen molar-refractivity contribution < 1.29 is 9.53 Å². The summed E-state index contributed by atoms with van der Waals surface area (Å²) in [5, 5.41) is 0. The molecule has 0 fully saturated rings. The third-order valence-corrected chi connectivity index (χ3v) is 3.29. The highest BCUT2D eigenvalue weighted by Gasteiger charge is 2.17.